The van der Waals surface area contributed by atoms with Crippen molar-refractivity contribution >= 4 is 11.9 Å². The lowest BCUT2D eigenvalue weighted by Crippen LogP contribution is -2.38. The molecule has 0 heterocycles. The first-order chi connectivity index (χ1) is 11.0. The number of hydrogen-bond donors (Lipinski definition) is 0. The average molecular weight is 319 g/mol. The summed E-state index contributed by atoms with van der Waals surface area (Å²) >= 11 is 0. The summed E-state index contributed by atoms with van der Waals surface area (Å²) in [5, 5.41) is 0. The van der Waals surface area contributed by atoms with Gasteiger partial charge in [-0.2, -0.15) is 0 Å². The van der Waals surface area contributed by atoms with Gasteiger partial charge in [-0.3, -0.25) is 9.59 Å². The number of rotatable bonds is 8. The van der Waals surface area contributed by atoms with Gasteiger partial charge < -0.3 is 14.4 Å². The Morgan fingerprint density at radius 3 is 2.65 bits per heavy atom. The van der Waals surface area contributed by atoms with Crippen LogP contribution in [0.4, 0.5) is 0 Å². The molecule has 0 N–H and O–H groups in total. The molecule has 1 aliphatic rings. The van der Waals surface area contributed by atoms with Crippen molar-refractivity contribution in [1.29, 1.82) is 0 Å². The first-order valence-corrected chi connectivity index (χ1v) is 8.17. The van der Waals surface area contributed by atoms with E-state index in [1.165, 1.54) is 0 Å². The number of aryl methyl sites for hydroxylation is 1. The van der Waals surface area contributed by atoms with E-state index in [0.29, 0.717) is 13.2 Å². The summed E-state index contributed by atoms with van der Waals surface area (Å²) in [5.74, 6) is 0.401. The fourth-order valence-electron chi connectivity index (χ4n) is 2.44. The van der Waals surface area contributed by atoms with Crippen molar-refractivity contribution in [1.82, 2.24) is 4.90 Å². The molecule has 5 heteroatoms. The zero-order valence-electron chi connectivity index (χ0n) is 14.1. The highest BCUT2D eigenvalue weighted by Crippen LogP contribution is 2.27. The molecule has 23 heavy (non-hydrogen) atoms. The molecule has 0 aliphatic heterocycles. The van der Waals surface area contributed by atoms with Gasteiger partial charge in [0.05, 0.1) is 13.0 Å². The third kappa shape index (κ3) is 4.98. The lowest BCUT2D eigenvalue weighted by molar-refractivity contribution is -0.144. The number of ether oxygens (including phenoxy) is 2. The van der Waals surface area contributed by atoms with E-state index in [9.17, 15) is 9.59 Å². The summed E-state index contributed by atoms with van der Waals surface area (Å²) in [4.78, 5) is 25.6. The van der Waals surface area contributed by atoms with Crippen molar-refractivity contribution in [3.05, 3.63) is 29.3 Å². The van der Waals surface area contributed by atoms with Crippen LogP contribution in [-0.4, -0.2) is 42.6 Å². The predicted molar refractivity (Wildman–Crippen MR) is 87.4 cm³/mol. The standard InChI is InChI=1S/C18H25NO4/c1-4-22-18(21)10-11-19(15-8-9-15)17(20)12-23-16-7-5-6-13(2)14(16)3/h5-7,15H,4,8-12H2,1-3H3. The first kappa shape index (κ1) is 17.3. The highest BCUT2D eigenvalue weighted by Gasteiger charge is 2.32. The van der Waals surface area contributed by atoms with Gasteiger partial charge in [-0.15, -0.1) is 0 Å². The SMILES string of the molecule is CCOC(=O)CCN(C(=O)COc1cccc(C)c1C)C1CC1. The zero-order chi connectivity index (χ0) is 16.8. The Kier molecular flexibility index (Phi) is 6.02. The molecule has 1 fully saturated rings. The number of hydrogen-bond acceptors (Lipinski definition) is 4. The molecule has 2 rings (SSSR count). The molecule has 0 aromatic heterocycles. The van der Waals surface area contributed by atoms with Crippen molar-refractivity contribution in [2.45, 2.75) is 46.1 Å². The predicted octanol–water partition coefficient (Wildman–Crippen LogP) is 2.63. The highest BCUT2D eigenvalue weighted by atomic mass is 16.5. The maximum absolute atomic E-state index is 12.4. The highest BCUT2D eigenvalue weighted by molar-refractivity contribution is 5.79. The molecule has 1 aromatic carbocycles. The number of amides is 1. The van der Waals surface area contributed by atoms with Crippen molar-refractivity contribution in [2.24, 2.45) is 0 Å². The third-order valence-corrected chi connectivity index (χ3v) is 4.08. The quantitative estimate of drug-likeness (QED) is 0.691. The van der Waals surface area contributed by atoms with Gasteiger partial charge in [0.15, 0.2) is 6.61 Å². The number of esters is 1. The van der Waals surface area contributed by atoms with E-state index in [4.69, 9.17) is 9.47 Å². The van der Waals surface area contributed by atoms with E-state index in [1.807, 2.05) is 32.0 Å². The van der Waals surface area contributed by atoms with Crippen molar-refractivity contribution < 1.29 is 19.1 Å². The Balaban J connectivity index is 1.88. The molecule has 0 saturated heterocycles. The Labute approximate surface area is 137 Å². The van der Waals surface area contributed by atoms with Gasteiger partial charge in [0, 0.05) is 12.6 Å². The second kappa shape index (κ2) is 7.99. The monoisotopic (exact) mass is 319 g/mol. The van der Waals surface area contributed by atoms with E-state index in [1.54, 1.807) is 11.8 Å². The largest absolute Gasteiger partial charge is 0.483 e. The van der Waals surface area contributed by atoms with Gasteiger partial charge in [0.1, 0.15) is 5.75 Å². The van der Waals surface area contributed by atoms with Crippen LogP contribution in [0.2, 0.25) is 0 Å². The third-order valence-electron chi connectivity index (χ3n) is 4.08. The second-order valence-electron chi connectivity index (χ2n) is 5.86. The van der Waals surface area contributed by atoms with Crippen LogP contribution in [-0.2, 0) is 14.3 Å². The van der Waals surface area contributed by atoms with Crippen LogP contribution < -0.4 is 4.74 Å². The van der Waals surface area contributed by atoms with Crippen LogP contribution in [0.5, 0.6) is 5.75 Å². The molecule has 1 saturated carbocycles. The Morgan fingerprint density at radius 1 is 1.26 bits per heavy atom. The maximum Gasteiger partial charge on any atom is 0.307 e. The number of nitrogens with zero attached hydrogens (tertiary/aromatic N) is 1. The van der Waals surface area contributed by atoms with Gasteiger partial charge in [-0.25, -0.2) is 0 Å². The van der Waals surface area contributed by atoms with Gasteiger partial charge in [-0.1, -0.05) is 12.1 Å². The smallest absolute Gasteiger partial charge is 0.307 e. The summed E-state index contributed by atoms with van der Waals surface area (Å²) in [6, 6.07) is 6.05. The topological polar surface area (TPSA) is 55.8 Å². The van der Waals surface area contributed by atoms with E-state index < -0.39 is 0 Å². The summed E-state index contributed by atoms with van der Waals surface area (Å²) in [7, 11) is 0. The van der Waals surface area contributed by atoms with Crippen LogP contribution >= 0.6 is 0 Å². The fraction of sp³-hybridized carbons (Fsp3) is 0.556. The zero-order valence-corrected chi connectivity index (χ0v) is 14.1. The second-order valence-corrected chi connectivity index (χ2v) is 5.86. The minimum Gasteiger partial charge on any atom is -0.483 e. The van der Waals surface area contributed by atoms with Crippen LogP contribution in [0.15, 0.2) is 18.2 Å². The summed E-state index contributed by atoms with van der Waals surface area (Å²) in [5.41, 5.74) is 2.18. The molecule has 126 valence electrons. The van der Waals surface area contributed by atoms with Gasteiger partial charge >= 0.3 is 5.97 Å². The van der Waals surface area contributed by atoms with Gasteiger partial charge in [0.2, 0.25) is 0 Å². The lowest BCUT2D eigenvalue weighted by atomic mass is 10.1. The van der Waals surface area contributed by atoms with E-state index >= 15 is 0 Å². The minimum absolute atomic E-state index is 0.00359. The fourth-order valence-corrected chi connectivity index (χ4v) is 2.44. The molecule has 1 amide bonds. The van der Waals surface area contributed by atoms with Gasteiger partial charge in [-0.05, 0) is 50.8 Å². The number of carbonyl (C=O) groups excluding carboxylic acids is 2. The van der Waals surface area contributed by atoms with E-state index in [0.717, 1.165) is 29.7 Å². The average Bonchev–Trinajstić information content (AvgIpc) is 3.34. The molecule has 0 atom stereocenters. The minimum atomic E-state index is -0.263. The van der Waals surface area contributed by atoms with Crippen molar-refractivity contribution in [3.8, 4) is 5.75 Å². The first-order valence-electron chi connectivity index (χ1n) is 8.17. The summed E-state index contributed by atoms with van der Waals surface area (Å²) < 4.78 is 10.6. The van der Waals surface area contributed by atoms with Crippen LogP contribution in [0.1, 0.15) is 37.3 Å². The van der Waals surface area contributed by atoms with Crippen molar-refractivity contribution in [2.75, 3.05) is 19.8 Å². The van der Waals surface area contributed by atoms with Crippen LogP contribution in [0, 0.1) is 13.8 Å². The van der Waals surface area contributed by atoms with E-state index in [-0.39, 0.29) is 30.9 Å². The van der Waals surface area contributed by atoms with Gasteiger partial charge in [0.25, 0.3) is 5.91 Å². The summed E-state index contributed by atoms with van der Waals surface area (Å²) in [6.07, 6.45) is 2.23. The normalized spacial score (nSPS) is 13.5. The Bertz CT molecular complexity index is 566. The molecular weight excluding hydrogens is 294 g/mol. The lowest BCUT2D eigenvalue weighted by Gasteiger charge is -2.22. The molecule has 0 bridgehead atoms. The van der Waals surface area contributed by atoms with Crippen molar-refractivity contribution in [3.63, 3.8) is 0 Å². The number of carbonyl (C=O) groups is 2. The molecule has 0 radical (unpaired) electrons. The Morgan fingerprint density at radius 2 is 2.00 bits per heavy atom. The molecule has 5 nitrogen and oxygen atoms in total. The maximum atomic E-state index is 12.4. The van der Waals surface area contributed by atoms with Crippen LogP contribution in [0.25, 0.3) is 0 Å². The molecule has 1 aliphatic carbocycles. The number of benzene rings is 1. The van der Waals surface area contributed by atoms with Crippen LogP contribution in [0.3, 0.4) is 0 Å². The van der Waals surface area contributed by atoms with E-state index in [2.05, 4.69) is 0 Å². The summed E-state index contributed by atoms with van der Waals surface area (Å²) in [6.45, 7) is 6.54. The molecule has 1 aromatic rings. The molecule has 0 spiro atoms. The Hall–Kier alpha value is -2.04. The molecular formula is C18H25NO4. The molecule has 0 unspecified atom stereocenters.